The number of hydrogen-bond donors (Lipinski definition) is 0. The second-order valence-electron chi connectivity index (χ2n) is 6.27. The van der Waals surface area contributed by atoms with Gasteiger partial charge in [0.05, 0.1) is 41.9 Å². The normalized spacial score (nSPS) is 22.8. The molecular formula is C16H18N4O3S. The number of thiophene rings is 1. The molecule has 0 unspecified atom stereocenters. The second-order valence-corrected chi connectivity index (χ2v) is 7.18. The first-order chi connectivity index (χ1) is 11.6. The lowest BCUT2D eigenvalue weighted by Gasteiger charge is -2.41. The Morgan fingerprint density at radius 1 is 1.46 bits per heavy atom. The Labute approximate surface area is 143 Å². The Bertz CT molecular complexity index is 784. The largest absolute Gasteiger partial charge is 0.370 e. The first kappa shape index (κ1) is 15.5. The Hall–Kier alpha value is -2.06. The van der Waals surface area contributed by atoms with E-state index < -0.39 is 0 Å². The van der Waals surface area contributed by atoms with E-state index in [-0.39, 0.29) is 23.8 Å². The van der Waals surface area contributed by atoms with Gasteiger partial charge in [0.15, 0.2) is 5.78 Å². The molecule has 24 heavy (non-hydrogen) atoms. The van der Waals surface area contributed by atoms with Crippen LogP contribution in [0.1, 0.15) is 40.3 Å². The van der Waals surface area contributed by atoms with E-state index in [0.717, 1.165) is 17.7 Å². The van der Waals surface area contributed by atoms with Crippen molar-refractivity contribution in [3.8, 4) is 0 Å². The number of likely N-dealkylation sites (tertiary alicyclic amines) is 1. The minimum Gasteiger partial charge on any atom is -0.370 e. The van der Waals surface area contributed by atoms with Crippen LogP contribution in [0.5, 0.6) is 0 Å². The molecular weight excluding hydrogens is 328 g/mol. The predicted molar refractivity (Wildman–Crippen MR) is 86.9 cm³/mol. The van der Waals surface area contributed by atoms with Crippen LogP contribution in [-0.4, -0.2) is 50.8 Å². The molecule has 8 heteroatoms. The summed E-state index contributed by atoms with van der Waals surface area (Å²) in [5, 5.41) is 9.99. The van der Waals surface area contributed by atoms with Crippen LogP contribution in [0.3, 0.4) is 0 Å². The molecule has 1 amide bonds. The maximum absolute atomic E-state index is 12.6. The molecule has 0 spiro atoms. The van der Waals surface area contributed by atoms with Crippen molar-refractivity contribution in [1.29, 1.82) is 0 Å². The highest BCUT2D eigenvalue weighted by molar-refractivity contribution is 7.12. The first-order valence-electron chi connectivity index (χ1n) is 7.98. The number of fused-ring (bicyclic) bond motifs is 3. The molecule has 0 bridgehead atoms. The van der Waals surface area contributed by atoms with Crippen molar-refractivity contribution in [1.82, 2.24) is 19.9 Å². The fourth-order valence-electron chi connectivity index (χ4n) is 3.35. The Balaban J connectivity index is 1.45. The molecule has 2 atom stereocenters. The summed E-state index contributed by atoms with van der Waals surface area (Å²) in [6.45, 7) is 3.35. The van der Waals surface area contributed by atoms with Crippen LogP contribution >= 0.6 is 11.3 Å². The van der Waals surface area contributed by atoms with E-state index in [0.29, 0.717) is 31.0 Å². The van der Waals surface area contributed by atoms with Gasteiger partial charge in [-0.2, -0.15) is 0 Å². The number of carbonyl (C=O) groups is 2. The smallest absolute Gasteiger partial charge is 0.227 e. The number of rotatable bonds is 3. The molecule has 2 aromatic rings. The van der Waals surface area contributed by atoms with E-state index in [1.807, 2.05) is 21.0 Å². The third-order valence-electron chi connectivity index (χ3n) is 4.64. The third-order valence-corrected chi connectivity index (χ3v) is 5.72. The van der Waals surface area contributed by atoms with Crippen LogP contribution < -0.4 is 0 Å². The molecule has 2 aliphatic rings. The number of amides is 1. The van der Waals surface area contributed by atoms with E-state index in [1.165, 1.54) is 11.3 Å². The number of ketones is 1. The van der Waals surface area contributed by atoms with E-state index in [4.69, 9.17) is 4.74 Å². The monoisotopic (exact) mass is 346 g/mol. The Morgan fingerprint density at radius 2 is 2.33 bits per heavy atom. The molecule has 2 aromatic heterocycles. The summed E-state index contributed by atoms with van der Waals surface area (Å²) in [6, 6.07) is 1.85. The molecule has 7 nitrogen and oxygen atoms in total. The molecule has 0 aromatic carbocycles. The average molecular weight is 346 g/mol. The molecule has 1 saturated heterocycles. The minimum atomic E-state index is 0.0317. The summed E-state index contributed by atoms with van der Waals surface area (Å²) in [7, 11) is 0. The standard InChI is InChI=1S/C16H18N4O3S/c1-10(21)15-4-11(9-24-15)5-16(22)19-3-2-14-13(7-19)20-12(8-23-14)6-17-18-20/h4,6,9,13-14H,2-3,5,7-8H2,1H3/t13-,14+/m1/s1. The van der Waals surface area contributed by atoms with Crippen molar-refractivity contribution in [3.05, 3.63) is 33.8 Å². The second kappa shape index (κ2) is 6.10. The summed E-state index contributed by atoms with van der Waals surface area (Å²) >= 11 is 1.39. The van der Waals surface area contributed by atoms with Gasteiger partial charge in [0, 0.05) is 13.1 Å². The Morgan fingerprint density at radius 3 is 3.12 bits per heavy atom. The fourth-order valence-corrected chi connectivity index (χ4v) is 4.16. The summed E-state index contributed by atoms with van der Waals surface area (Å²) in [4.78, 5) is 26.6. The molecule has 0 saturated carbocycles. The van der Waals surface area contributed by atoms with Gasteiger partial charge in [0.1, 0.15) is 0 Å². The first-order valence-corrected chi connectivity index (χ1v) is 8.86. The van der Waals surface area contributed by atoms with Gasteiger partial charge in [-0.25, -0.2) is 4.68 Å². The van der Waals surface area contributed by atoms with Crippen LogP contribution in [0.4, 0.5) is 0 Å². The summed E-state index contributed by atoms with van der Waals surface area (Å²) in [6.07, 6.45) is 2.93. The lowest BCUT2D eigenvalue weighted by Crippen LogP contribution is -2.50. The van der Waals surface area contributed by atoms with Crippen LogP contribution in [0.25, 0.3) is 0 Å². The van der Waals surface area contributed by atoms with Gasteiger partial charge in [-0.05, 0) is 30.4 Å². The van der Waals surface area contributed by atoms with Crippen molar-refractivity contribution in [3.63, 3.8) is 0 Å². The minimum absolute atomic E-state index is 0.0317. The lowest BCUT2D eigenvalue weighted by molar-refractivity contribution is -0.137. The van der Waals surface area contributed by atoms with Crippen molar-refractivity contribution in [2.75, 3.05) is 13.1 Å². The predicted octanol–water partition coefficient (Wildman–Crippen LogP) is 1.46. The van der Waals surface area contributed by atoms with Gasteiger partial charge in [-0.1, -0.05) is 5.21 Å². The molecule has 4 rings (SSSR count). The maximum atomic E-state index is 12.6. The van der Waals surface area contributed by atoms with E-state index >= 15 is 0 Å². The Kier molecular flexibility index (Phi) is 3.93. The van der Waals surface area contributed by atoms with E-state index in [1.54, 1.807) is 13.1 Å². The van der Waals surface area contributed by atoms with Crippen molar-refractivity contribution in [2.24, 2.45) is 0 Å². The fraction of sp³-hybridized carbons (Fsp3) is 0.500. The van der Waals surface area contributed by atoms with Gasteiger partial charge in [0.2, 0.25) is 5.91 Å². The van der Waals surface area contributed by atoms with Crippen molar-refractivity contribution in [2.45, 2.75) is 38.5 Å². The zero-order valence-corrected chi connectivity index (χ0v) is 14.2. The molecule has 1 fully saturated rings. The number of aromatic nitrogens is 3. The quantitative estimate of drug-likeness (QED) is 0.786. The molecule has 0 radical (unpaired) electrons. The number of ether oxygens (including phenoxy) is 1. The van der Waals surface area contributed by atoms with Gasteiger partial charge < -0.3 is 9.64 Å². The van der Waals surface area contributed by atoms with Gasteiger partial charge in [0.25, 0.3) is 0 Å². The maximum Gasteiger partial charge on any atom is 0.227 e. The van der Waals surface area contributed by atoms with E-state index in [9.17, 15) is 9.59 Å². The molecule has 2 aliphatic heterocycles. The van der Waals surface area contributed by atoms with Crippen molar-refractivity contribution >= 4 is 23.0 Å². The number of hydrogen-bond acceptors (Lipinski definition) is 6. The number of Topliss-reactive ketones (excluding diaryl/α,β-unsaturated/α-hetero) is 1. The molecule has 0 N–H and O–H groups in total. The summed E-state index contributed by atoms with van der Waals surface area (Å²) in [5.74, 6) is 0.117. The zero-order valence-electron chi connectivity index (χ0n) is 13.3. The number of carbonyl (C=O) groups excluding carboxylic acids is 2. The van der Waals surface area contributed by atoms with Crippen LogP contribution in [0.2, 0.25) is 0 Å². The summed E-state index contributed by atoms with van der Waals surface area (Å²) in [5.41, 5.74) is 1.85. The van der Waals surface area contributed by atoms with Gasteiger partial charge in [-0.3, -0.25) is 9.59 Å². The van der Waals surface area contributed by atoms with Crippen LogP contribution in [-0.2, 0) is 22.6 Å². The molecule has 0 aliphatic carbocycles. The van der Waals surface area contributed by atoms with Crippen LogP contribution in [0, 0.1) is 0 Å². The highest BCUT2D eigenvalue weighted by atomic mass is 32.1. The van der Waals surface area contributed by atoms with Crippen molar-refractivity contribution < 1.29 is 14.3 Å². The molecule has 4 heterocycles. The number of nitrogens with zero attached hydrogens (tertiary/aromatic N) is 4. The van der Waals surface area contributed by atoms with Crippen LogP contribution in [0.15, 0.2) is 17.6 Å². The van der Waals surface area contributed by atoms with Gasteiger partial charge >= 0.3 is 0 Å². The SMILES string of the molecule is CC(=O)c1cc(CC(=O)N2CC[C@@H]3OCc4cnnn4[C@@H]3C2)cs1. The lowest BCUT2D eigenvalue weighted by atomic mass is 10.00. The zero-order chi connectivity index (χ0) is 16.7. The summed E-state index contributed by atoms with van der Waals surface area (Å²) < 4.78 is 7.76. The highest BCUT2D eigenvalue weighted by Gasteiger charge is 2.37. The number of piperidine rings is 1. The average Bonchev–Trinajstić information content (AvgIpc) is 3.23. The topological polar surface area (TPSA) is 77.3 Å². The third kappa shape index (κ3) is 2.76. The molecule has 126 valence electrons. The van der Waals surface area contributed by atoms with E-state index in [2.05, 4.69) is 10.3 Å². The highest BCUT2D eigenvalue weighted by Crippen LogP contribution is 2.30. The van der Waals surface area contributed by atoms with Gasteiger partial charge in [-0.15, -0.1) is 16.4 Å².